The highest BCUT2D eigenvalue weighted by atomic mass is 16.6. The van der Waals surface area contributed by atoms with Gasteiger partial charge in [0.2, 0.25) is 0 Å². The van der Waals surface area contributed by atoms with Crippen LogP contribution in [0.1, 0.15) is 32.8 Å². The molecule has 1 amide bonds. The first-order chi connectivity index (χ1) is 10.8. The van der Waals surface area contributed by atoms with Crippen LogP contribution in [0.2, 0.25) is 0 Å². The number of carbonyl (C=O) groups excluding carboxylic acids is 2. The number of carbonyl (C=O) groups is 2. The molecule has 0 saturated heterocycles. The highest BCUT2D eigenvalue weighted by Gasteiger charge is 2.16. The van der Waals surface area contributed by atoms with Crippen molar-refractivity contribution in [1.29, 1.82) is 5.26 Å². The summed E-state index contributed by atoms with van der Waals surface area (Å²) in [6.07, 6.45) is 1.20. The normalized spacial score (nSPS) is 10.9. The van der Waals surface area contributed by atoms with E-state index in [2.05, 4.69) is 10.5 Å². The van der Waals surface area contributed by atoms with Gasteiger partial charge in [-0.25, -0.2) is 10.2 Å². The molecule has 0 bridgehead atoms. The number of rotatable bonds is 6. The van der Waals surface area contributed by atoms with Crippen LogP contribution in [0.5, 0.6) is 5.75 Å². The Bertz CT molecular complexity index is 610. The zero-order valence-electron chi connectivity index (χ0n) is 13.3. The third kappa shape index (κ3) is 8.21. The van der Waals surface area contributed by atoms with E-state index in [9.17, 15) is 9.59 Å². The highest BCUT2D eigenvalue weighted by molar-refractivity contribution is 5.83. The van der Waals surface area contributed by atoms with Crippen LogP contribution in [0, 0.1) is 11.3 Å². The Morgan fingerprint density at radius 1 is 1.30 bits per heavy atom. The maximum Gasteiger partial charge on any atom is 0.344 e. The molecule has 0 aliphatic rings. The molecule has 0 fully saturated rings. The van der Waals surface area contributed by atoms with Crippen molar-refractivity contribution in [1.82, 2.24) is 5.43 Å². The van der Waals surface area contributed by atoms with E-state index in [1.807, 2.05) is 0 Å². The SMILES string of the molecule is CC(C)(C)OC(=O)COc1ccc(/C=N/NC(=O)CC#N)cc1. The summed E-state index contributed by atoms with van der Waals surface area (Å²) < 4.78 is 10.4. The maximum absolute atomic E-state index is 11.5. The molecule has 7 nitrogen and oxygen atoms in total. The number of nitrogens with one attached hydrogen (secondary N) is 1. The zero-order valence-corrected chi connectivity index (χ0v) is 13.3. The Morgan fingerprint density at radius 2 is 1.96 bits per heavy atom. The molecule has 0 aliphatic carbocycles. The van der Waals surface area contributed by atoms with Crippen molar-refractivity contribution in [3.8, 4) is 11.8 Å². The molecule has 7 heteroatoms. The van der Waals surface area contributed by atoms with Crippen LogP contribution >= 0.6 is 0 Å². The Hall–Kier alpha value is -2.88. The lowest BCUT2D eigenvalue weighted by molar-refractivity contribution is -0.157. The van der Waals surface area contributed by atoms with Crippen molar-refractivity contribution in [2.24, 2.45) is 5.10 Å². The Labute approximate surface area is 134 Å². The van der Waals surface area contributed by atoms with Gasteiger partial charge in [0.25, 0.3) is 5.91 Å². The number of hydrazone groups is 1. The van der Waals surface area contributed by atoms with Gasteiger partial charge in [-0.15, -0.1) is 0 Å². The largest absolute Gasteiger partial charge is 0.482 e. The van der Waals surface area contributed by atoms with Crippen molar-refractivity contribution >= 4 is 18.1 Å². The van der Waals surface area contributed by atoms with Gasteiger partial charge in [-0.3, -0.25) is 4.79 Å². The Morgan fingerprint density at radius 3 is 2.52 bits per heavy atom. The van der Waals surface area contributed by atoms with Gasteiger partial charge in [0.1, 0.15) is 17.8 Å². The van der Waals surface area contributed by atoms with Gasteiger partial charge in [0.05, 0.1) is 12.3 Å². The summed E-state index contributed by atoms with van der Waals surface area (Å²) in [5, 5.41) is 12.0. The predicted molar refractivity (Wildman–Crippen MR) is 83.7 cm³/mol. The van der Waals surface area contributed by atoms with Gasteiger partial charge in [-0.05, 0) is 50.6 Å². The smallest absolute Gasteiger partial charge is 0.344 e. The quantitative estimate of drug-likeness (QED) is 0.489. The average molecular weight is 317 g/mol. The van der Waals surface area contributed by atoms with Gasteiger partial charge in [-0.2, -0.15) is 10.4 Å². The molecule has 1 aromatic rings. The number of nitriles is 1. The number of nitrogens with zero attached hydrogens (tertiary/aromatic N) is 2. The molecule has 0 spiro atoms. The second kappa shape index (κ2) is 8.54. The molecule has 0 unspecified atom stereocenters. The van der Waals surface area contributed by atoms with E-state index in [1.165, 1.54) is 6.21 Å². The Kier molecular flexibility index (Phi) is 6.74. The molecule has 0 atom stereocenters. The van der Waals surface area contributed by atoms with Crippen LogP contribution < -0.4 is 10.2 Å². The molecule has 0 saturated carbocycles. The zero-order chi connectivity index (χ0) is 17.3. The predicted octanol–water partition coefficient (Wildman–Crippen LogP) is 1.77. The third-order valence-electron chi connectivity index (χ3n) is 2.30. The lowest BCUT2D eigenvalue weighted by Gasteiger charge is -2.19. The van der Waals surface area contributed by atoms with E-state index >= 15 is 0 Å². The van der Waals surface area contributed by atoms with E-state index < -0.39 is 17.5 Å². The first-order valence-electron chi connectivity index (χ1n) is 6.94. The number of hydrogen-bond donors (Lipinski definition) is 1. The lowest BCUT2D eigenvalue weighted by Crippen LogP contribution is -2.27. The first kappa shape index (κ1) is 18.2. The van der Waals surface area contributed by atoms with Gasteiger partial charge in [0, 0.05) is 0 Å². The van der Waals surface area contributed by atoms with E-state index in [4.69, 9.17) is 14.7 Å². The van der Waals surface area contributed by atoms with Gasteiger partial charge in [0.15, 0.2) is 6.61 Å². The summed E-state index contributed by atoms with van der Waals surface area (Å²) >= 11 is 0. The fourth-order valence-corrected chi connectivity index (χ4v) is 1.45. The van der Waals surface area contributed by atoms with Gasteiger partial charge in [-0.1, -0.05) is 0 Å². The number of hydrogen-bond acceptors (Lipinski definition) is 6. The molecule has 0 heterocycles. The number of amides is 1. The van der Waals surface area contributed by atoms with Crippen molar-refractivity contribution in [2.75, 3.05) is 6.61 Å². The molecule has 1 rings (SSSR count). The molecular formula is C16H19N3O4. The Balaban J connectivity index is 2.45. The summed E-state index contributed by atoms with van der Waals surface area (Å²) in [5.74, 6) is -0.397. The van der Waals surface area contributed by atoms with Gasteiger partial charge >= 0.3 is 5.97 Å². The highest BCUT2D eigenvalue weighted by Crippen LogP contribution is 2.12. The third-order valence-corrected chi connectivity index (χ3v) is 2.30. The average Bonchev–Trinajstić information content (AvgIpc) is 2.45. The van der Waals surface area contributed by atoms with Crippen molar-refractivity contribution in [3.63, 3.8) is 0 Å². The number of benzene rings is 1. The molecule has 0 aromatic heterocycles. The van der Waals surface area contributed by atoms with Crippen molar-refractivity contribution in [2.45, 2.75) is 32.8 Å². The summed E-state index contributed by atoms with van der Waals surface area (Å²) in [4.78, 5) is 22.6. The first-order valence-corrected chi connectivity index (χ1v) is 6.94. The summed E-state index contributed by atoms with van der Waals surface area (Å²) in [6.45, 7) is 5.19. The monoisotopic (exact) mass is 317 g/mol. The molecule has 23 heavy (non-hydrogen) atoms. The lowest BCUT2D eigenvalue weighted by atomic mass is 10.2. The van der Waals surface area contributed by atoms with Gasteiger partial charge < -0.3 is 9.47 Å². The molecule has 1 N–H and O–H groups in total. The van der Waals surface area contributed by atoms with Crippen LogP contribution in [0.25, 0.3) is 0 Å². The summed E-state index contributed by atoms with van der Waals surface area (Å²) in [5.41, 5.74) is 2.41. The summed E-state index contributed by atoms with van der Waals surface area (Å²) in [6, 6.07) is 8.48. The topological polar surface area (TPSA) is 101 Å². The van der Waals surface area contributed by atoms with E-state index in [-0.39, 0.29) is 13.0 Å². The fraction of sp³-hybridized carbons (Fsp3) is 0.375. The van der Waals surface area contributed by atoms with Crippen LogP contribution in [0.4, 0.5) is 0 Å². The van der Waals surface area contributed by atoms with E-state index in [1.54, 1.807) is 51.1 Å². The standard InChI is InChI=1S/C16H19N3O4/c1-16(2,3)23-15(21)11-22-13-6-4-12(5-7-13)10-18-19-14(20)8-9-17/h4-7,10H,8,11H2,1-3H3,(H,19,20)/b18-10+. The summed E-state index contributed by atoms with van der Waals surface area (Å²) in [7, 11) is 0. The second-order valence-electron chi connectivity index (χ2n) is 5.57. The molecule has 0 radical (unpaired) electrons. The van der Waals surface area contributed by atoms with E-state index in [0.29, 0.717) is 5.75 Å². The van der Waals surface area contributed by atoms with Crippen molar-refractivity contribution < 1.29 is 19.1 Å². The molecule has 122 valence electrons. The van der Waals surface area contributed by atoms with Crippen molar-refractivity contribution in [3.05, 3.63) is 29.8 Å². The minimum absolute atomic E-state index is 0.172. The van der Waals surface area contributed by atoms with Crippen LogP contribution in [0.3, 0.4) is 0 Å². The minimum atomic E-state index is -0.545. The second-order valence-corrected chi connectivity index (χ2v) is 5.57. The number of esters is 1. The fourth-order valence-electron chi connectivity index (χ4n) is 1.45. The van der Waals surface area contributed by atoms with Crippen LogP contribution in [-0.4, -0.2) is 30.3 Å². The molecular weight excluding hydrogens is 298 g/mol. The van der Waals surface area contributed by atoms with Crippen LogP contribution in [0.15, 0.2) is 29.4 Å². The molecule has 0 aliphatic heterocycles. The van der Waals surface area contributed by atoms with E-state index in [0.717, 1.165) is 5.56 Å². The minimum Gasteiger partial charge on any atom is -0.482 e. The molecule has 1 aromatic carbocycles. The maximum atomic E-state index is 11.5. The number of ether oxygens (including phenoxy) is 2. The van der Waals surface area contributed by atoms with Crippen LogP contribution in [-0.2, 0) is 14.3 Å².